The molecule has 0 aliphatic heterocycles. The highest BCUT2D eigenvalue weighted by Gasteiger charge is 2.10. The number of carboxylic acids is 1. The molecule has 1 heterocycles. The molecule has 0 fully saturated rings. The summed E-state index contributed by atoms with van der Waals surface area (Å²) in [6.45, 7) is 4.31. The summed E-state index contributed by atoms with van der Waals surface area (Å²) in [5.74, 6) is -0.824. The highest BCUT2D eigenvalue weighted by Crippen LogP contribution is 2.28. The van der Waals surface area contributed by atoms with Crippen LogP contribution in [0.2, 0.25) is 0 Å². The lowest BCUT2D eigenvalue weighted by Crippen LogP contribution is -2.32. The Morgan fingerprint density at radius 2 is 1.95 bits per heavy atom. The lowest BCUT2D eigenvalue weighted by Gasteiger charge is -2.06. The second kappa shape index (κ2) is 5.99. The van der Waals surface area contributed by atoms with Gasteiger partial charge in [0.1, 0.15) is 6.04 Å². The number of hydrogen-bond acceptors (Lipinski definition) is 3. The number of nitrogens with one attached hydrogen (secondary N) is 1. The molecule has 1 atom stereocenters. The molecule has 100 valence electrons. The Labute approximate surface area is 116 Å². The van der Waals surface area contributed by atoms with Gasteiger partial charge in [0, 0.05) is 16.3 Å². The topological polar surface area (TPSA) is 49.3 Å². The van der Waals surface area contributed by atoms with E-state index in [2.05, 4.69) is 42.6 Å². The van der Waals surface area contributed by atoms with Crippen LogP contribution in [0, 0.1) is 6.92 Å². The number of thiophene rings is 1. The maximum absolute atomic E-state index is 10.7. The van der Waals surface area contributed by atoms with Crippen molar-refractivity contribution in [2.75, 3.05) is 0 Å². The molecule has 2 N–H and O–H groups in total. The van der Waals surface area contributed by atoms with Crippen molar-refractivity contribution < 1.29 is 9.90 Å². The van der Waals surface area contributed by atoms with Crippen molar-refractivity contribution in [3.63, 3.8) is 0 Å². The first-order valence-corrected chi connectivity index (χ1v) is 7.00. The second-order valence-corrected chi connectivity index (χ2v) is 5.74. The van der Waals surface area contributed by atoms with Gasteiger partial charge in [-0.3, -0.25) is 10.1 Å². The molecule has 0 aliphatic rings. The van der Waals surface area contributed by atoms with Gasteiger partial charge in [-0.05, 0) is 31.5 Å². The van der Waals surface area contributed by atoms with Gasteiger partial charge in [-0.2, -0.15) is 0 Å². The van der Waals surface area contributed by atoms with Gasteiger partial charge in [-0.1, -0.05) is 29.8 Å². The Morgan fingerprint density at radius 3 is 2.58 bits per heavy atom. The number of rotatable bonds is 5. The van der Waals surface area contributed by atoms with Crippen LogP contribution in [0.4, 0.5) is 0 Å². The fourth-order valence-corrected chi connectivity index (χ4v) is 2.65. The molecule has 0 spiro atoms. The molecular weight excluding hydrogens is 258 g/mol. The van der Waals surface area contributed by atoms with Crippen LogP contribution in [-0.4, -0.2) is 17.1 Å². The van der Waals surface area contributed by atoms with E-state index < -0.39 is 12.0 Å². The highest BCUT2D eigenvalue weighted by atomic mass is 32.1. The van der Waals surface area contributed by atoms with Crippen LogP contribution in [0.25, 0.3) is 10.4 Å². The molecule has 0 saturated carbocycles. The van der Waals surface area contributed by atoms with E-state index >= 15 is 0 Å². The summed E-state index contributed by atoms with van der Waals surface area (Å²) < 4.78 is 0. The van der Waals surface area contributed by atoms with Gasteiger partial charge in [-0.15, -0.1) is 11.3 Å². The SMILES string of the molecule is Cc1ccc(-c2ccc(CN[C@@H](C)C(=O)O)s2)cc1. The lowest BCUT2D eigenvalue weighted by atomic mass is 10.1. The van der Waals surface area contributed by atoms with E-state index in [1.54, 1.807) is 18.3 Å². The van der Waals surface area contributed by atoms with Crippen molar-refractivity contribution in [3.05, 3.63) is 46.8 Å². The van der Waals surface area contributed by atoms with Gasteiger partial charge in [0.05, 0.1) is 0 Å². The maximum atomic E-state index is 10.7. The van der Waals surface area contributed by atoms with Crippen LogP contribution in [0.1, 0.15) is 17.4 Å². The molecule has 1 aromatic carbocycles. The molecule has 0 amide bonds. The maximum Gasteiger partial charge on any atom is 0.320 e. The van der Waals surface area contributed by atoms with Gasteiger partial charge in [0.25, 0.3) is 0 Å². The van der Waals surface area contributed by atoms with E-state index in [4.69, 9.17) is 5.11 Å². The average Bonchev–Trinajstić information content (AvgIpc) is 2.85. The van der Waals surface area contributed by atoms with Crippen LogP contribution >= 0.6 is 11.3 Å². The smallest absolute Gasteiger partial charge is 0.320 e. The largest absolute Gasteiger partial charge is 0.480 e. The zero-order valence-corrected chi connectivity index (χ0v) is 11.8. The second-order valence-electron chi connectivity index (χ2n) is 4.57. The van der Waals surface area contributed by atoms with Crippen molar-refractivity contribution in [1.82, 2.24) is 5.32 Å². The molecule has 0 aliphatic carbocycles. The van der Waals surface area contributed by atoms with Crippen LogP contribution < -0.4 is 5.32 Å². The number of aryl methyl sites for hydroxylation is 1. The quantitative estimate of drug-likeness (QED) is 0.880. The monoisotopic (exact) mass is 275 g/mol. The van der Waals surface area contributed by atoms with Crippen LogP contribution in [-0.2, 0) is 11.3 Å². The Hall–Kier alpha value is -1.65. The van der Waals surface area contributed by atoms with Crippen molar-refractivity contribution in [2.45, 2.75) is 26.4 Å². The zero-order chi connectivity index (χ0) is 13.8. The first-order valence-electron chi connectivity index (χ1n) is 6.18. The van der Waals surface area contributed by atoms with Gasteiger partial charge < -0.3 is 5.11 Å². The molecule has 0 radical (unpaired) electrons. The number of carboxylic acid groups (broad SMARTS) is 1. The first-order chi connectivity index (χ1) is 9.06. The molecule has 1 aromatic heterocycles. The zero-order valence-electron chi connectivity index (χ0n) is 11.0. The third kappa shape index (κ3) is 3.66. The molecule has 19 heavy (non-hydrogen) atoms. The minimum absolute atomic E-state index is 0.523. The normalized spacial score (nSPS) is 12.3. The predicted molar refractivity (Wildman–Crippen MR) is 78.4 cm³/mol. The number of aliphatic carboxylic acids is 1. The lowest BCUT2D eigenvalue weighted by molar-refractivity contribution is -0.139. The van der Waals surface area contributed by atoms with E-state index in [1.165, 1.54) is 16.0 Å². The molecule has 0 unspecified atom stereocenters. The van der Waals surface area contributed by atoms with E-state index in [1.807, 2.05) is 6.07 Å². The fourth-order valence-electron chi connectivity index (χ4n) is 1.69. The Kier molecular flexibility index (Phi) is 4.35. The Bertz CT molecular complexity index is 560. The fraction of sp³-hybridized carbons (Fsp3) is 0.267. The number of benzene rings is 1. The predicted octanol–water partition coefficient (Wildman–Crippen LogP) is 3.29. The van der Waals surface area contributed by atoms with E-state index in [-0.39, 0.29) is 0 Å². The summed E-state index contributed by atoms with van der Waals surface area (Å²) in [6, 6.07) is 12.0. The minimum atomic E-state index is -0.824. The van der Waals surface area contributed by atoms with Crippen LogP contribution in [0.3, 0.4) is 0 Å². The van der Waals surface area contributed by atoms with Gasteiger partial charge >= 0.3 is 5.97 Å². The van der Waals surface area contributed by atoms with Gasteiger partial charge in [0.2, 0.25) is 0 Å². The molecule has 3 nitrogen and oxygen atoms in total. The summed E-state index contributed by atoms with van der Waals surface area (Å²) in [4.78, 5) is 13.1. The third-order valence-electron chi connectivity index (χ3n) is 2.95. The number of hydrogen-bond donors (Lipinski definition) is 2. The van der Waals surface area contributed by atoms with Gasteiger partial charge in [0.15, 0.2) is 0 Å². The van der Waals surface area contributed by atoms with Crippen molar-refractivity contribution in [3.8, 4) is 10.4 Å². The third-order valence-corrected chi connectivity index (χ3v) is 4.08. The van der Waals surface area contributed by atoms with Crippen LogP contribution in [0.5, 0.6) is 0 Å². The molecule has 2 aromatic rings. The van der Waals surface area contributed by atoms with Crippen LogP contribution in [0.15, 0.2) is 36.4 Å². The summed E-state index contributed by atoms with van der Waals surface area (Å²) in [6.07, 6.45) is 0. The van der Waals surface area contributed by atoms with Gasteiger partial charge in [-0.25, -0.2) is 0 Å². The molecule has 2 rings (SSSR count). The molecule has 0 bridgehead atoms. The first kappa shape index (κ1) is 13.8. The summed E-state index contributed by atoms with van der Waals surface area (Å²) in [7, 11) is 0. The summed E-state index contributed by atoms with van der Waals surface area (Å²) in [5, 5.41) is 11.8. The van der Waals surface area contributed by atoms with E-state index in [9.17, 15) is 4.79 Å². The minimum Gasteiger partial charge on any atom is -0.480 e. The highest BCUT2D eigenvalue weighted by molar-refractivity contribution is 7.15. The molecule has 0 saturated heterocycles. The molecule has 4 heteroatoms. The van der Waals surface area contributed by atoms with E-state index in [0.29, 0.717) is 6.54 Å². The van der Waals surface area contributed by atoms with Crippen molar-refractivity contribution >= 4 is 17.3 Å². The Balaban J connectivity index is 2.03. The number of carbonyl (C=O) groups is 1. The standard InChI is InChI=1S/C15H17NO2S/c1-10-3-5-12(6-4-10)14-8-7-13(19-14)9-16-11(2)15(17)18/h3-8,11,16H,9H2,1-2H3,(H,17,18)/t11-/m0/s1. The van der Waals surface area contributed by atoms with Crippen molar-refractivity contribution in [2.24, 2.45) is 0 Å². The summed E-state index contributed by atoms with van der Waals surface area (Å²) in [5.41, 5.74) is 2.45. The van der Waals surface area contributed by atoms with E-state index in [0.717, 1.165) is 4.88 Å². The van der Waals surface area contributed by atoms with Crippen molar-refractivity contribution in [1.29, 1.82) is 0 Å². The average molecular weight is 275 g/mol. The summed E-state index contributed by atoms with van der Waals surface area (Å²) >= 11 is 1.69. The Morgan fingerprint density at radius 1 is 1.26 bits per heavy atom. The molecular formula is C15H17NO2S.